The quantitative estimate of drug-likeness (QED) is 0.229. The van der Waals surface area contributed by atoms with Crippen molar-refractivity contribution in [2.75, 3.05) is 0 Å². The highest BCUT2D eigenvalue weighted by Gasteiger charge is 2.51. The van der Waals surface area contributed by atoms with Crippen LogP contribution < -0.4 is 5.46 Å². The molecule has 2 aromatic heterocycles. The molecule has 0 radical (unpaired) electrons. The molecule has 0 amide bonds. The molecule has 1 fully saturated rings. The molecule has 196 valence electrons. The lowest BCUT2D eigenvalue weighted by atomic mass is 9.79. The van der Waals surface area contributed by atoms with E-state index in [-0.39, 0.29) is 0 Å². The monoisotopic (exact) mass is 525 g/mol. The summed E-state index contributed by atoms with van der Waals surface area (Å²) in [7, 11) is -0.431. The van der Waals surface area contributed by atoms with Crippen molar-refractivity contribution in [1.82, 2.24) is 15.0 Å². The minimum Gasteiger partial charge on any atom is -0.456 e. The second kappa shape index (κ2) is 9.12. The van der Waals surface area contributed by atoms with Crippen molar-refractivity contribution in [2.24, 2.45) is 0 Å². The Hall–Kier alpha value is -4.33. The van der Waals surface area contributed by atoms with E-state index in [0.29, 0.717) is 17.5 Å². The zero-order valence-corrected chi connectivity index (χ0v) is 22.9. The average Bonchev–Trinajstić information content (AvgIpc) is 3.46. The molecule has 1 saturated heterocycles. The number of nitrogens with zero attached hydrogens (tertiary/aromatic N) is 3. The van der Waals surface area contributed by atoms with Gasteiger partial charge in [-0.2, -0.15) is 0 Å². The number of benzene rings is 4. The molecule has 1 aliphatic rings. The summed E-state index contributed by atoms with van der Waals surface area (Å²) in [6.07, 6.45) is 0. The molecule has 4 aromatic carbocycles. The van der Waals surface area contributed by atoms with E-state index in [9.17, 15) is 0 Å². The molecule has 6 nitrogen and oxygen atoms in total. The van der Waals surface area contributed by atoms with E-state index >= 15 is 0 Å². The van der Waals surface area contributed by atoms with Crippen LogP contribution in [0.1, 0.15) is 27.7 Å². The number of para-hydroxylation sites is 1. The summed E-state index contributed by atoms with van der Waals surface area (Å²) in [5, 5.41) is 2.02. The normalized spacial score (nSPS) is 16.1. The molecular weight excluding hydrogens is 497 g/mol. The van der Waals surface area contributed by atoms with Crippen molar-refractivity contribution in [3.05, 3.63) is 97.1 Å². The minimum atomic E-state index is -0.431. The maximum absolute atomic E-state index is 6.25. The smallest absolute Gasteiger partial charge is 0.456 e. The van der Waals surface area contributed by atoms with Crippen molar-refractivity contribution in [3.8, 4) is 34.2 Å². The number of fused-ring (bicyclic) bond motifs is 3. The Morgan fingerprint density at radius 2 is 1.12 bits per heavy atom. The zero-order chi connectivity index (χ0) is 27.5. The number of hydrogen-bond donors (Lipinski definition) is 0. The maximum atomic E-state index is 6.25. The largest absolute Gasteiger partial charge is 0.494 e. The van der Waals surface area contributed by atoms with Gasteiger partial charge in [-0.15, -0.1) is 0 Å². The van der Waals surface area contributed by atoms with Crippen LogP contribution >= 0.6 is 0 Å². The Labute approximate surface area is 233 Å². The molecule has 0 unspecified atom stereocenters. The van der Waals surface area contributed by atoms with Gasteiger partial charge in [0.1, 0.15) is 11.2 Å². The van der Waals surface area contributed by atoms with Crippen molar-refractivity contribution in [2.45, 2.75) is 38.9 Å². The Kier molecular flexibility index (Phi) is 5.63. The Balaban J connectivity index is 1.35. The van der Waals surface area contributed by atoms with Crippen LogP contribution in [0.25, 0.3) is 56.1 Å². The van der Waals surface area contributed by atoms with Crippen molar-refractivity contribution >= 4 is 34.5 Å². The summed E-state index contributed by atoms with van der Waals surface area (Å²) < 4.78 is 18.6. The summed E-state index contributed by atoms with van der Waals surface area (Å²) in [5.41, 5.74) is 4.49. The molecule has 7 rings (SSSR count). The predicted molar refractivity (Wildman–Crippen MR) is 159 cm³/mol. The molecule has 0 N–H and O–H groups in total. The van der Waals surface area contributed by atoms with E-state index in [0.717, 1.165) is 44.1 Å². The molecule has 0 aliphatic carbocycles. The van der Waals surface area contributed by atoms with Gasteiger partial charge < -0.3 is 13.7 Å². The van der Waals surface area contributed by atoms with Gasteiger partial charge in [-0.25, -0.2) is 15.0 Å². The van der Waals surface area contributed by atoms with E-state index in [1.807, 2.05) is 91.0 Å². The van der Waals surface area contributed by atoms with Crippen LogP contribution in [0.4, 0.5) is 0 Å². The highest BCUT2D eigenvalue weighted by Crippen LogP contribution is 2.38. The third-order valence-electron chi connectivity index (χ3n) is 8.01. The van der Waals surface area contributed by atoms with Gasteiger partial charge in [0.25, 0.3) is 0 Å². The molecule has 6 aromatic rings. The summed E-state index contributed by atoms with van der Waals surface area (Å²) in [6, 6.07) is 32.1. The van der Waals surface area contributed by atoms with Crippen molar-refractivity contribution < 1.29 is 13.7 Å². The lowest BCUT2D eigenvalue weighted by molar-refractivity contribution is 0.00578. The van der Waals surface area contributed by atoms with Crippen LogP contribution in [-0.4, -0.2) is 33.3 Å². The van der Waals surface area contributed by atoms with Gasteiger partial charge in [0.05, 0.1) is 11.2 Å². The Bertz CT molecular complexity index is 1850. The SMILES string of the molecule is CC1(C)OB(c2ccc(-c3nc(-c4ccccc4)nc(-c4cccc5oc6ccccc6c45)n3)cc2)OC1(C)C. The third-order valence-corrected chi connectivity index (χ3v) is 8.01. The molecule has 0 saturated carbocycles. The van der Waals surface area contributed by atoms with Gasteiger partial charge in [0, 0.05) is 27.5 Å². The van der Waals surface area contributed by atoms with E-state index in [4.69, 9.17) is 28.7 Å². The first kappa shape index (κ1) is 24.7. The molecule has 3 heterocycles. The first-order valence-corrected chi connectivity index (χ1v) is 13.5. The standard InChI is InChI=1S/C33H28BN3O3/c1-32(2)33(3,4)40-34(39-32)23-19-17-22(18-20-23)30-35-29(21-11-6-5-7-12-21)36-31(37-30)25-14-10-16-27-28(25)24-13-8-9-15-26(24)38-27/h5-20H,1-4H3. The van der Waals surface area contributed by atoms with Gasteiger partial charge >= 0.3 is 7.12 Å². The van der Waals surface area contributed by atoms with E-state index < -0.39 is 18.3 Å². The van der Waals surface area contributed by atoms with Crippen LogP contribution in [0.5, 0.6) is 0 Å². The molecule has 0 bridgehead atoms. The number of furan rings is 1. The van der Waals surface area contributed by atoms with Crippen LogP contribution in [0.3, 0.4) is 0 Å². The van der Waals surface area contributed by atoms with Crippen LogP contribution in [0.2, 0.25) is 0 Å². The first-order valence-electron chi connectivity index (χ1n) is 13.5. The molecule has 7 heteroatoms. The van der Waals surface area contributed by atoms with Crippen LogP contribution in [-0.2, 0) is 9.31 Å². The minimum absolute atomic E-state index is 0.400. The van der Waals surface area contributed by atoms with Crippen molar-refractivity contribution in [1.29, 1.82) is 0 Å². The summed E-state index contributed by atoms with van der Waals surface area (Å²) in [5.74, 6) is 1.80. The fourth-order valence-electron chi connectivity index (χ4n) is 5.07. The van der Waals surface area contributed by atoms with Gasteiger partial charge in [-0.05, 0) is 45.3 Å². The van der Waals surface area contributed by atoms with Gasteiger partial charge in [0.15, 0.2) is 17.5 Å². The van der Waals surface area contributed by atoms with Crippen LogP contribution in [0.15, 0.2) is 101 Å². The maximum Gasteiger partial charge on any atom is 0.494 e. The topological polar surface area (TPSA) is 70.3 Å². The summed E-state index contributed by atoms with van der Waals surface area (Å²) in [6.45, 7) is 8.23. The third kappa shape index (κ3) is 4.10. The summed E-state index contributed by atoms with van der Waals surface area (Å²) in [4.78, 5) is 14.8. The lowest BCUT2D eigenvalue weighted by Crippen LogP contribution is -2.41. The molecule has 40 heavy (non-hydrogen) atoms. The molecular formula is C33H28BN3O3. The van der Waals surface area contributed by atoms with E-state index in [1.165, 1.54) is 0 Å². The number of hydrogen-bond acceptors (Lipinski definition) is 6. The van der Waals surface area contributed by atoms with Gasteiger partial charge in [-0.1, -0.05) is 84.9 Å². The second-order valence-corrected chi connectivity index (χ2v) is 11.2. The Morgan fingerprint density at radius 3 is 1.82 bits per heavy atom. The molecule has 1 aliphatic heterocycles. The second-order valence-electron chi connectivity index (χ2n) is 11.2. The van der Waals surface area contributed by atoms with Crippen molar-refractivity contribution in [3.63, 3.8) is 0 Å². The fourth-order valence-corrected chi connectivity index (χ4v) is 5.07. The fraction of sp³-hybridized carbons (Fsp3) is 0.182. The lowest BCUT2D eigenvalue weighted by Gasteiger charge is -2.32. The highest BCUT2D eigenvalue weighted by molar-refractivity contribution is 6.62. The molecule has 0 spiro atoms. The first-order chi connectivity index (χ1) is 19.3. The van der Waals surface area contributed by atoms with E-state index in [1.54, 1.807) is 0 Å². The number of aromatic nitrogens is 3. The van der Waals surface area contributed by atoms with Gasteiger partial charge in [0.2, 0.25) is 0 Å². The van der Waals surface area contributed by atoms with Crippen LogP contribution in [0, 0.1) is 0 Å². The number of rotatable bonds is 4. The predicted octanol–water partition coefficient (Wildman–Crippen LogP) is 7.07. The zero-order valence-electron chi connectivity index (χ0n) is 22.9. The van der Waals surface area contributed by atoms with Gasteiger partial charge in [-0.3, -0.25) is 0 Å². The van der Waals surface area contributed by atoms with E-state index in [2.05, 4.69) is 33.8 Å². The Morgan fingerprint density at radius 1 is 0.550 bits per heavy atom. The average molecular weight is 525 g/mol. The molecule has 0 atom stereocenters. The summed E-state index contributed by atoms with van der Waals surface area (Å²) >= 11 is 0. The highest BCUT2D eigenvalue weighted by atomic mass is 16.7.